The van der Waals surface area contributed by atoms with Gasteiger partial charge >= 0.3 is 6.18 Å². The molecule has 0 heterocycles. The Labute approximate surface area is 130 Å². The van der Waals surface area contributed by atoms with Gasteiger partial charge in [0, 0.05) is 16.4 Å². The molecule has 0 fully saturated rings. The third kappa shape index (κ3) is 4.39. The Morgan fingerprint density at radius 2 is 1.82 bits per heavy atom. The van der Waals surface area contributed by atoms with Crippen LogP contribution in [0.5, 0.6) is 0 Å². The van der Waals surface area contributed by atoms with Crippen LogP contribution in [0.4, 0.5) is 24.5 Å². The lowest BCUT2D eigenvalue weighted by Crippen LogP contribution is -2.23. The highest BCUT2D eigenvalue weighted by molar-refractivity contribution is 6.30. The van der Waals surface area contributed by atoms with Crippen molar-refractivity contribution in [2.45, 2.75) is 6.18 Å². The molecule has 0 aromatic heterocycles. The second-order valence-corrected chi connectivity index (χ2v) is 4.89. The molecule has 116 valence electrons. The molecule has 3 nitrogen and oxygen atoms in total. The van der Waals surface area contributed by atoms with E-state index >= 15 is 0 Å². The number of hydrogen-bond donors (Lipinski definition) is 2. The van der Waals surface area contributed by atoms with E-state index in [0.717, 1.165) is 6.07 Å². The van der Waals surface area contributed by atoms with Crippen LogP contribution in [0.2, 0.25) is 5.02 Å². The first kappa shape index (κ1) is 16.2. The normalized spacial score (nSPS) is 11.1. The highest BCUT2D eigenvalue weighted by Crippen LogP contribution is 2.34. The number of carbonyl (C=O) groups is 1. The number of benzene rings is 2. The zero-order chi connectivity index (χ0) is 16.2. The highest BCUT2D eigenvalue weighted by Gasteiger charge is 2.33. The molecule has 0 radical (unpaired) electrons. The minimum Gasteiger partial charge on any atom is -0.376 e. The van der Waals surface area contributed by atoms with Crippen molar-refractivity contribution < 1.29 is 18.0 Å². The summed E-state index contributed by atoms with van der Waals surface area (Å²) < 4.78 is 38.4. The fourth-order valence-corrected chi connectivity index (χ4v) is 2.02. The smallest absolute Gasteiger partial charge is 0.376 e. The van der Waals surface area contributed by atoms with Crippen LogP contribution in [0, 0.1) is 0 Å². The van der Waals surface area contributed by atoms with E-state index in [1.807, 2.05) is 0 Å². The summed E-state index contributed by atoms with van der Waals surface area (Å²) in [6.45, 7) is -0.292. The molecule has 22 heavy (non-hydrogen) atoms. The monoisotopic (exact) mass is 328 g/mol. The van der Waals surface area contributed by atoms with Crippen molar-refractivity contribution in [3.8, 4) is 0 Å². The Morgan fingerprint density at radius 3 is 2.50 bits per heavy atom. The Morgan fingerprint density at radius 1 is 1.09 bits per heavy atom. The first-order valence-corrected chi connectivity index (χ1v) is 6.69. The third-order valence-electron chi connectivity index (χ3n) is 2.78. The lowest BCUT2D eigenvalue weighted by atomic mass is 10.1. The number of amides is 1. The maximum atomic E-state index is 12.8. The lowest BCUT2D eigenvalue weighted by molar-refractivity contribution is -0.137. The summed E-state index contributed by atoms with van der Waals surface area (Å²) in [5.74, 6) is -0.473. The maximum Gasteiger partial charge on any atom is 0.418 e. The fourth-order valence-electron chi connectivity index (χ4n) is 1.83. The van der Waals surface area contributed by atoms with Crippen LogP contribution in [-0.4, -0.2) is 12.5 Å². The van der Waals surface area contributed by atoms with E-state index in [9.17, 15) is 18.0 Å². The van der Waals surface area contributed by atoms with E-state index in [0.29, 0.717) is 10.7 Å². The summed E-state index contributed by atoms with van der Waals surface area (Å²) >= 11 is 5.78. The number of hydrogen-bond acceptors (Lipinski definition) is 2. The Bertz CT molecular complexity index is 674. The van der Waals surface area contributed by atoms with Gasteiger partial charge in [-0.1, -0.05) is 29.8 Å². The molecule has 0 bridgehead atoms. The van der Waals surface area contributed by atoms with Gasteiger partial charge in [0.25, 0.3) is 0 Å². The van der Waals surface area contributed by atoms with Crippen LogP contribution in [0.1, 0.15) is 5.56 Å². The summed E-state index contributed by atoms with van der Waals surface area (Å²) in [7, 11) is 0. The number of anilines is 2. The molecular formula is C15H12ClF3N2O. The van der Waals surface area contributed by atoms with Gasteiger partial charge in [0.1, 0.15) is 0 Å². The van der Waals surface area contributed by atoms with E-state index < -0.39 is 17.6 Å². The largest absolute Gasteiger partial charge is 0.418 e. The van der Waals surface area contributed by atoms with Crippen molar-refractivity contribution in [3.63, 3.8) is 0 Å². The van der Waals surface area contributed by atoms with Crippen LogP contribution < -0.4 is 10.6 Å². The van der Waals surface area contributed by atoms with Gasteiger partial charge in [0.05, 0.1) is 12.1 Å². The molecule has 0 aliphatic carbocycles. The molecule has 0 atom stereocenters. The van der Waals surface area contributed by atoms with Crippen LogP contribution in [0.25, 0.3) is 0 Å². The van der Waals surface area contributed by atoms with Gasteiger partial charge in [0.15, 0.2) is 0 Å². The molecule has 0 saturated carbocycles. The maximum absolute atomic E-state index is 12.8. The van der Waals surface area contributed by atoms with Crippen molar-refractivity contribution in [3.05, 3.63) is 59.1 Å². The van der Waals surface area contributed by atoms with Gasteiger partial charge in [-0.2, -0.15) is 13.2 Å². The molecule has 0 unspecified atom stereocenters. The van der Waals surface area contributed by atoms with E-state index in [1.165, 1.54) is 18.2 Å². The Kier molecular flexibility index (Phi) is 4.92. The van der Waals surface area contributed by atoms with Crippen molar-refractivity contribution in [2.75, 3.05) is 17.2 Å². The van der Waals surface area contributed by atoms with Gasteiger partial charge < -0.3 is 10.6 Å². The van der Waals surface area contributed by atoms with Crippen molar-refractivity contribution in [2.24, 2.45) is 0 Å². The summed E-state index contributed by atoms with van der Waals surface area (Å²) in [6.07, 6.45) is -4.48. The molecule has 0 aliphatic heterocycles. The Hall–Kier alpha value is -2.21. The van der Waals surface area contributed by atoms with Crippen molar-refractivity contribution in [1.29, 1.82) is 0 Å². The highest BCUT2D eigenvalue weighted by atomic mass is 35.5. The average molecular weight is 329 g/mol. The number of carbonyl (C=O) groups excluding carboxylic acids is 1. The molecule has 0 saturated heterocycles. The van der Waals surface area contributed by atoms with Gasteiger partial charge in [0.2, 0.25) is 5.91 Å². The molecule has 1 amide bonds. The van der Waals surface area contributed by atoms with Gasteiger partial charge in [-0.3, -0.25) is 4.79 Å². The lowest BCUT2D eigenvalue weighted by Gasteiger charge is -2.14. The minimum atomic E-state index is -4.48. The summed E-state index contributed by atoms with van der Waals surface area (Å²) in [6, 6.07) is 11.5. The molecule has 2 aromatic rings. The predicted molar refractivity (Wildman–Crippen MR) is 80.0 cm³/mol. The number of para-hydroxylation sites is 1. The minimum absolute atomic E-state index is 0.142. The molecule has 0 aliphatic rings. The summed E-state index contributed by atoms with van der Waals surface area (Å²) in [4.78, 5) is 11.8. The first-order chi connectivity index (χ1) is 10.4. The Balaban J connectivity index is 2.00. The van der Waals surface area contributed by atoms with Crippen molar-refractivity contribution >= 4 is 28.9 Å². The van der Waals surface area contributed by atoms with Gasteiger partial charge in [-0.05, 0) is 30.3 Å². The zero-order valence-electron chi connectivity index (χ0n) is 11.2. The van der Waals surface area contributed by atoms with Gasteiger partial charge in [-0.25, -0.2) is 0 Å². The second-order valence-electron chi connectivity index (χ2n) is 4.46. The van der Waals surface area contributed by atoms with E-state index in [4.69, 9.17) is 11.6 Å². The number of rotatable bonds is 4. The predicted octanol–water partition coefficient (Wildman–Crippen LogP) is 4.41. The van der Waals surface area contributed by atoms with Crippen LogP contribution in [-0.2, 0) is 11.0 Å². The number of nitrogens with one attached hydrogen (secondary N) is 2. The first-order valence-electron chi connectivity index (χ1n) is 6.32. The quantitative estimate of drug-likeness (QED) is 0.873. The van der Waals surface area contributed by atoms with Crippen LogP contribution in [0.3, 0.4) is 0 Å². The summed E-state index contributed by atoms with van der Waals surface area (Å²) in [5.41, 5.74) is -0.481. The average Bonchev–Trinajstić information content (AvgIpc) is 2.44. The molecule has 2 N–H and O–H groups in total. The van der Waals surface area contributed by atoms with E-state index in [1.54, 1.807) is 24.3 Å². The number of alkyl halides is 3. The number of halogens is 4. The molecule has 2 aromatic carbocycles. The van der Waals surface area contributed by atoms with E-state index in [2.05, 4.69) is 10.6 Å². The topological polar surface area (TPSA) is 41.1 Å². The third-order valence-corrected chi connectivity index (χ3v) is 3.02. The second kappa shape index (κ2) is 6.70. The van der Waals surface area contributed by atoms with Gasteiger partial charge in [-0.15, -0.1) is 0 Å². The molecule has 7 heteroatoms. The SMILES string of the molecule is O=C(CNc1ccccc1C(F)(F)F)Nc1cccc(Cl)c1. The van der Waals surface area contributed by atoms with Crippen LogP contribution in [0.15, 0.2) is 48.5 Å². The van der Waals surface area contributed by atoms with E-state index in [-0.39, 0.29) is 12.2 Å². The summed E-state index contributed by atoms with van der Waals surface area (Å²) in [5, 5.41) is 5.49. The molecule has 2 rings (SSSR count). The van der Waals surface area contributed by atoms with Crippen LogP contribution >= 0.6 is 11.6 Å². The fraction of sp³-hybridized carbons (Fsp3) is 0.133. The molecular weight excluding hydrogens is 317 g/mol. The standard InChI is InChI=1S/C15H12ClF3N2O/c16-10-4-3-5-11(8-10)21-14(22)9-20-13-7-2-1-6-12(13)15(17,18)19/h1-8,20H,9H2,(H,21,22). The molecule has 0 spiro atoms. The van der Waals surface area contributed by atoms with Crippen molar-refractivity contribution in [1.82, 2.24) is 0 Å². The zero-order valence-corrected chi connectivity index (χ0v) is 12.0.